The number of hydrogen-bond donors (Lipinski definition) is 2. The van der Waals surface area contributed by atoms with Crippen LogP contribution in [-0.2, 0) is 11.2 Å². The molecule has 36 heavy (non-hydrogen) atoms. The van der Waals surface area contributed by atoms with E-state index in [1.165, 1.54) is 27.9 Å². The first-order chi connectivity index (χ1) is 17.5. The molecule has 2 aliphatic heterocycles. The third kappa shape index (κ3) is 4.37. The number of aryl methyl sites for hydroxylation is 1. The van der Waals surface area contributed by atoms with Gasteiger partial charge in [-0.05, 0) is 83.5 Å². The maximum Gasteiger partial charge on any atom is 0.317 e. The topological polar surface area (TPSA) is 64.0 Å². The largest absolute Gasteiger partial charge is 0.508 e. The summed E-state index contributed by atoms with van der Waals surface area (Å²) in [6.07, 6.45) is 4.30. The number of likely N-dealkylation sites (tertiary alicyclic amines) is 1. The summed E-state index contributed by atoms with van der Waals surface area (Å²) < 4.78 is 0. The molecule has 0 radical (unpaired) electrons. The van der Waals surface area contributed by atoms with Gasteiger partial charge in [-0.15, -0.1) is 0 Å². The number of hydrogen-bond acceptors (Lipinski definition) is 4. The van der Waals surface area contributed by atoms with Gasteiger partial charge in [0.15, 0.2) is 0 Å². The molecule has 5 nitrogen and oxygen atoms in total. The number of carboxylic acids is 1. The summed E-state index contributed by atoms with van der Waals surface area (Å²) in [4.78, 5) is 15.5. The first-order valence-corrected chi connectivity index (χ1v) is 13.2. The highest BCUT2D eigenvalue weighted by Crippen LogP contribution is 2.47. The van der Waals surface area contributed by atoms with Gasteiger partial charge < -0.3 is 15.1 Å². The highest BCUT2D eigenvalue weighted by atomic mass is 16.4. The lowest BCUT2D eigenvalue weighted by molar-refractivity contribution is -0.142. The third-order valence-electron chi connectivity index (χ3n) is 8.73. The predicted molar refractivity (Wildman–Crippen MR) is 142 cm³/mol. The summed E-state index contributed by atoms with van der Waals surface area (Å²) in [6, 6.07) is 25.9. The molecule has 186 valence electrons. The van der Waals surface area contributed by atoms with E-state index in [0.29, 0.717) is 17.1 Å². The summed E-state index contributed by atoms with van der Waals surface area (Å²) >= 11 is 0. The Labute approximate surface area is 213 Å². The van der Waals surface area contributed by atoms with Crippen molar-refractivity contribution in [1.29, 1.82) is 0 Å². The second-order valence-electron chi connectivity index (χ2n) is 11.0. The number of aliphatic carboxylic acids is 1. The van der Waals surface area contributed by atoms with Crippen LogP contribution in [-0.4, -0.2) is 53.8 Å². The average Bonchev–Trinajstić information content (AvgIpc) is 2.88. The fourth-order valence-electron chi connectivity index (χ4n) is 6.93. The molecule has 0 aromatic heterocycles. The lowest BCUT2D eigenvalue weighted by Crippen LogP contribution is -2.61. The van der Waals surface area contributed by atoms with Crippen LogP contribution in [0.5, 0.6) is 5.75 Å². The summed E-state index contributed by atoms with van der Waals surface area (Å²) in [5.74, 6) is 0.303. The molecule has 6 rings (SSSR count). The number of rotatable bonds is 5. The van der Waals surface area contributed by atoms with E-state index in [4.69, 9.17) is 5.11 Å². The number of carboxylic acid groups (broad SMARTS) is 1. The van der Waals surface area contributed by atoms with Crippen LogP contribution in [0.1, 0.15) is 53.4 Å². The molecule has 1 aliphatic carbocycles. The molecule has 2 fully saturated rings. The molecule has 3 aliphatic rings. The Balaban J connectivity index is 1.20. The van der Waals surface area contributed by atoms with Crippen LogP contribution in [0.4, 0.5) is 5.69 Å². The van der Waals surface area contributed by atoms with Gasteiger partial charge in [0.2, 0.25) is 0 Å². The summed E-state index contributed by atoms with van der Waals surface area (Å²) in [5.41, 5.74) is 6.88. The standard InChI is InChI=1S/C31H34N2O3/c34-26-11-13-28-24(18-26)8-12-27(22-4-2-1-3-5-22)30(28)23-6-9-25(10-7-23)33-16-14-31(15-17-33)20-32(21-31)19-29(35)36/h1-7,9-11,13,18,27,30,34H,8,12,14-17,19-21H2,(H,35,36)/t27-,30+/m1/s1. The summed E-state index contributed by atoms with van der Waals surface area (Å²) in [7, 11) is 0. The van der Waals surface area contributed by atoms with E-state index >= 15 is 0 Å². The molecular weight excluding hydrogens is 448 g/mol. The Hall–Kier alpha value is -3.31. The number of carbonyl (C=O) groups is 1. The zero-order chi connectivity index (χ0) is 24.7. The molecule has 2 heterocycles. The summed E-state index contributed by atoms with van der Waals surface area (Å²) in [5, 5.41) is 19.1. The van der Waals surface area contributed by atoms with Crippen molar-refractivity contribution >= 4 is 11.7 Å². The fourth-order valence-corrected chi connectivity index (χ4v) is 6.93. The molecule has 1 spiro atoms. The van der Waals surface area contributed by atoms with Crippen molar-refractivity contribution in [3.05, 3.63) is 95.1 Å². The van der Waals surface area contributed by atoms with E-state index in [1.807, 2.05) is 12.1 Å². The summed E-state index contributed by atoms with van der Waals surface area (Å²) in [6.45, 7) is 4.06. The number of benzene rings is 3. The molecule has 0 bridgehead atoms. The highest BCUT2D eigenvalue weighted by Gasteiger charge is 2.45. The smallest absolute Gasteiger partial charge is 0.317 e. The van der Waals surface area contributed by atoms with Gasteiger partial charge in [-0.25, -0.2) is 0 Å². The minimum Gasteiger partial charge on any atom is -0.508 e. The quantitative estimate of drug-likeness (QED) is 0.521. The van der Waals surface area contributed by atoms with Gasteiger partial charge in [0.25, 0.3) is 0 Å². The van der Waals surface area contributed by atoms with Gasteiger partial charge in [-0.2, -0.15) is 0 Å². The fraction of sp³-hybridized carbons (Fsp3) is 0.387. The first-order valence-electron chi connectivity index (χ1n) is 13.2. The second-order valence-corrected chi connectivity index (χ2v) is 11.0. The van der Waals surface area contributed by atoms with Gasteiger partial charge in [0.05, 0.1) is 6.54 Å². The van der Waals surface area contributed by atoms with Crippen LogP contribution in [0.15, 0.2) is 72.8 Å². The van der Waals surface area contributed by atoms with Crippen molar-refractivity contribution < 1.29 is 15.0 Å². The Morgan fingerprint density at radius 2 is 1.64 bits per heavy atom. The number of aromatic hydroxyl groups is 1. The molecule has 0 amide bonds. The van der Waals surface area contributed by atoms with Crippen molar-refractivity contribution in [2.75, 3.05) is 37.6 Å². The molecule has 2 atom stereocenters. The number of fused-ring (bicyclic) bond motifs is 1. The Morgan fingerprint density at radius 1 is 0.917 bits per heavy atom. The number of anilines is 1. The monoisotopic (exact) mass is 482 g/mol. The average molecular weight is 483 g/mol. The number of nitrogens with zero attached hydrogens (tertiary/aromatic N) is 2. The molecular formula is C31H34N2O3. The lowest BCUT2D eigenvalue weighted by Gasteiger charge is -2.54. The molecule has 3 aromatic carbocycles. The van der Waals surface area contributed by atoms with Crippen molar-refractivity contribution in [2.45, 2.75) is 37.5 Å². The van der Waals surface area contributed by atoms with Crippen molar-refractivity contribution in [2.24, 2.45) is 5.41 Å². The van der Waals surface area contributed by atoms with Crippen LogP contribution in [0.3, 0.4) is 0 Å². The van der Waals surface area contributed by atoms with Gasteiger partial charge in [0.1, 0.15) is 5.75 Å². The molecule has 2 saturated heterocycles. The second kappa shape index (κ2) is 9.29. The van der Waals surface area contributed by atoms with Crippen molar-refractivity contribution in [3.63, 3.8) is 0 Å². The molecule has 0 unspecified atom stereocenters. The third-order valence-corrected chi connectivity index (χ3v) is 8.73. The normalized spacial score (nSPS) is 23.2. The maximum absolute atomic E-state index is 11.0. The Bertz CT molecular complexity index is 1220. The van der Waals surface area contributed by atoms with E-state index in [0.717, 1.165) is 51.9 Å². The van der Waals surface area contributed by atoms with E-state index in [1.54, 1.807) is 0 Å². The molecule has 2 N–H and O–H groups in total. The van der Waals surface area contributed by atoms with Gasteiger partial charge in [-0.3, -0.25) is 9.69 Å². The van der Waals surface area contributed by atoms with Crippen LogP contribution in [0.25, 0.3) is 0 Å². The van der Waals surface area contributed by atoms with E-state index in [-0.39, 0.29) is 12.5 Å². The first kappa shape index (κ1) is 23.1. The predicted octanol–water partition coefficient (Wildman–Crippen LogP) is 5.24. The van der Waals surface area contributed by atoms with E-state index in [9.17, 15) is 9.90 Å². The van der Waals surface area contributed by atoms with Crippen LogP contribution in [0, 0.1) is 5.41 Å². The Kier molecular flexibility index (Phi) is 5.96. The van der Waals surface area contributed by atoms with Crippen LogP contribution in [0.2, 0.25) is 0 Å². The van der Waals surface area contributed by atoms with Gasteiger partial charge >= 0.3 is 5.97 Å². The minimum absolute atomic E-state index is 0.167. The van der Waals surface area contributed by atoms with Crippen molar-refractivity contribution in [1.82, 2.24) is 4.90 Å². The molecule has 5 heteroatoms. The molecule has 3 aromatic rings. The SMILES string of the molecule is O=C(O)CN1CC2(CCN(c3ccc([C@@H]4c5ccc(O)cc5CC[C@@H]4c4ccccc4)cc3)CC2)C1. The maximum atomic E-state index is 11.0. The minimum atomic E-state index is -0.728. The lowest BCUT2D eigenvalue weighted by atomic mass is 9.69. The van der Waals surface area contributed by atoms with E-state index in [2.05, 4.69) is 70.5 Å². The zero-order valence-electron chi connectivity index (χ0n) is 20.6. The number of phenols is 1. The highest BCUT2D eigenvalue weighted by molar-refractivity contribution is 5.69. The zero-order valence-corrected chi connectivity index (χ0v) is 20.6. The van der Waals surface area contributed by atoms with Crippen LogP contribution < -0.4 is 4.90 Å². The number of piperidine rings is 1. The van der Waals surface area contributed by atoms with Crippen molar-refractivity contribution in [3.8, 4) is 5.75 Å². The van der Waals surface area contributed by atoms with E-state index < -0.39 is 5.97 Å². The van der Waals surface area contributed by atoms with Gasteiger partial charge in [-0.1, -0.05) is 48.5 Å². The van der Waals surface area contributed by atoms with Crippen LogP contribution >= 0.6 is 0 Å². The molecule has 0 saturated carbocycles. The van der Waals surface area contributed by atoms with Gasteiger partial charge in [0, 0.05) is 37.8 Å². The number of phenolic OH excluding ortho intramolecular Hbond substituents is 1. The Morgan fingerprint density at radius 3 is 2.33 bits per heavy atom.